The fourth-order valence-corrected chi connectivity index (χ4v) is 3.95. The standard InChI is InChI=1S/C19H30N2/c1-3-7-17(8-4-1)11-14-20-18-12-15-21(16-13-18)19-9-5-2-6-10-19/h2,5-6,9-10,17-18,20H,1,3-4,7-8,11-16H2. The second-order valence-corrected chi connectivity index (χ2v) is 6.84. The van der Waals surface area contributed by atoms with Crippen molar-refractivity contribution in [1.29, 1.82) is 0 Å². The minimum absolute atomic E-state index is 0.744. The van der Waals surface area contributed by atoms with E-state index < -0.39 is 0 Å². The Bertz CT molecular complexity index is 389. The number of para-hydroxylation sites is 1. The van der Waals surface area contributed by atoms with Crippen LogP contribution in [0.3, 0.4) is 0 Å². The molecule has 0 atom stereocenters. The van der Waals surface area contributed by atoms with Gasteiger partial charge in [0, 0.05) is 24.8 Å². The quantitative estimate of drug-likeness (QED) is 0.872. The third-order valence-corrected chi connectivity index (χ3v) is 5.33. The topological polar surface area (TPSA) is 15.3 Å². The van der Waals surface area contributed by atoms with Crippen LogP contribution in [0, 0.1) is 5.92 Å². The highest BCUT2D eigenvalue weighted by molar-refractivity contribution is 5.46. The number of anilines is 1. The maximum Gasteiger partial charge on any atom is 0.0366 e. The minimum atomic E-state index is 0.744. The van der Waals surface area contributed by atoms with Crippen LogP contribution in [0.25, 0.3) is 0 Å². The van der Waals surface area contributed by atoms with Crippen molar-refractivity contribution in [2.75, 3.05) is 24.5 Å². The lowest BCUT2D eigenvalue weighted by atomic mass is 9.87. The van der Waals surface area contributed by atoms with Crippen LogP contribution < -0.4 is 10.2 Å². The number of piperidine rings is 1. The lowest BCUT2D eigenvalue weighted by Crippen LogP contribution is -2.43. The van der Waals surface area contributed by atoms with Gasteiger partial charge in [-0.3, -0.25) is 0 Å². The molecule has 1 heterocycles. The fraction of sp³-hybridized carbons (Fsp3) is 0.684. The van der Waals surface area contributed by atoms with Gasteiger partial charge in [0.05, 0.1) is 0 Å². The summed E-state index contributed by atoms with van der Waals surface area (Å²) in [6.07, 6.45) is 11.4. The lowest BCUT2D eigenvalue weighted by Gasteiger charge is -2.34. The zero-order valence-corrected chi connectivity index (χ0v) is 13.3. The predicted octanol–water partition coefficient (Wildman–Crippen LogP) is 4.22. The Morgan fingerprint density at radius 1 is 0.905 bits per heavy atom. The van der Waals surface area contributed by atoms with Crippen LogP contribution >= 0.6 is 0 Å². The van der Waals surface area contributed by atoms with Crippen LogP contribution in [-0.4, -0.2) is 25.7 Å². The second-order valence-electron chi connectivity index (χ2n) is 6.84. The Morgan fingerprint density at radius 2 is 1.62 bits per heavy atom. The van der Waals surface area contributed by atoms with Crippen LogP contribution in [0.5, 0.6) is 0 Å². The Labute approximate surface area is 129 Å². The van der Waals surface area contributed by atoms with Gasteiger partial charge in [-0.25, -0.2) is 0 Å². The molecule has 116 valence electrons. The third kappa shape index (κ3) is 4.47. The Balaban J connectivity index is 1.34. The summed E-state index contributed by atoms with van der Waals surface area (Å²) in [6, 6.07) is 11.6. The Kier molecular flexibility index (Phi) is 5.56. The first-order chi connectivity index (χ1) is 10.4. The largest absolute Gasteiger partial charge is 0.371 e. The first-order valence-electron chi connectivity index (χ1n) is 8.95. The predicted molar refractivity (Wildman–Crippen MR) is 90.9 cm³/mol. The van der Waals surface area contributed by atoms with Crippen molar-refractivity contribution in [3.8, 4) is 0 Å². The van der Waals surface area contributed by atoms with E-state index in [1.807, 2.05) is 0 Å². The van der Waals surface area contributed by atoms with Gasteiger partial charge >= 0.3 is 0 Å². The first kappa shape index (κ1) is 14.9. The Morgan fingerprint density at radius 3 is 2.33 bits per heavy atom. The van der Waals surface area contributed by atoms with E-state index in [2.05, 4.69) is 40.5 Å². The molecule has 2 heteroatoms. The van der Waals surface area contributed by atoms with Gasteiger partial charge in [0.25, 0.3) is 0 Å². The van der Waals surface area contributed by atoms with Crippen LogP contribution in [-0.2, 0) is 0 Å². The van der Waals surface area contributed by atoms with E-state index >= 15 is 0 Å². The number of benzene rings is 1. The number of nitrogens with zero attached hydrogens (tertiary/aromatic N) is 1. The van der Waals surface area contributed by atoms with Crippen LogP contribution in [0.4, 0.5) is 5.69 Å². The first-order valence-corrected chi connectivity index (χ1v) is 8.95. The van der Waals surface area contributed by atoms with Crippen LogP contribution in [0.15, 0.2) is 30.3 Å². The summed E-state index contributed by atoms with van der Waals surface area (Å²) >= 11 is 0. The second kappa shape index (κ2) is 7.84. The molecular formula is C19H30N2. The molecule has 21 heavy (non-hydrogen) atoms. The van der Waals surface area contributed by atoms with Crippen molar-refractivity contribution in [2.45, 2.75) is 57.4 Å². The SMILES string of the molecule is c1ccc(N2CCC(NCCC3CCCCC3)CC2)cc1. The lowest BCUT2D eigenvalue weighted by molar-refractivity contribution is 0.319. The zero-order chi connectivity index (χ0) is 14.3. The monoisotopic (exact) mass is 286 g/mol. The van der Waals surface area contributed by atoms with Gasteiger partial charge in [0.15, 0.2) is 0 Å². The molecule has 0 bridgehead atoms. The van der Waals surface area contributed by atoms with Crippen molar-refractivity contribution < 1.29 is 0 Å². The molecule has 1 aromatic carbocycles. The van der Waals surface area contributed by atoms with Crippen molar-refractivity contribution in [1.82, 2.24) is 5.32 Å². The summed E-state index contributed by atoms with van der Waals surface area (Å²) in [6.45, 7) is 3.64. The van der Waals surface area contributed by atoms with Crippen molar-refractivity contribution in [3.63, 3.8) is 0 Å². The number of nitrogens with one attached hydrogen (secondary N) is 1. The van der Waals surface area contributed by atoms with Crippen molar-refractivity contribution in [3.05, 3.63) is 30.3 Å². The summed E-state index contributed by atoms with van der Waals surface area (Å²) < 4.78 is 0. The molecule has 1 aliphatic carbocycles. The minimum Gasteiger partial charge on any atom is -0.371 e. The van der Waals surface area contributed by atoms with E-state index in [1.165, 1.54) is 76.7 Å². The highest BCUT2D eigenvalue weighted by atomic mass is 15.1. The van der Waals surface area contributed by atoms with E-state index in [0.29, 0.717) is 0 Å². The molecule has 1 aliphatic heterocycles. The molecule has 0 unspecified atom stereocenters. The van der Waals surface area contributed by atoms with E-state index in [0.717, 1.165) is 12.0 Å². The molecule has 1 saturated carbocycles. The molecule has 1 saturated heterocycles. The molecule has 3 rings (SSSR count). The van der Waals surface area contributed by atoms with Crippen molar-refractivity contribution >= 4 is 5.69 Å². The van der Waals surface area contributed by atoms with Crippen LogP contribution in [0.2, 0.25) is 0 Å². The van der Waals surface area contributed by atoms with Gasteiger partial charge in [-0.15, -0.1) is 0 Å². The molecule has 2 fully saturated rings. The molecule has 2 nitrogen and oxygen atoms in total. The summed E-state index contributed by atoms with van der Waals surface area (Å²) in [5, 5.41) is 3.81. The molecule has 0 radical (unpaired) electrons. The maximum atomic E-state index is 3.81. The Hall–Kier alpha value is -1.02. The summed E-state index contributed by atoms with van der Waals surface area (Å²) in [5.74, 6) is 1.01. The average Bonchev–Trinajstić information content (AvgIpc) is 2.57. The highest BCUT2D eigenvalue weighted by Gasteiger charge is 2.19. The third-order valence-electron chi connectivity index (χ3n) is 5.33. The van der Waals surface area contributed by atoms with E-state index in [4.69, 9.17) is 0 Å². The van der Waals surface area contributed by atoms with Gasteiger partial charge in [-0.2, -0.15) is 0 Å². The van der Waals surface area contributed by atoms with Gasteiger partial charge < -0.3 is 10.2 Å². The van der Waals surface area contributed by atoms with Gasteiger partial charge in [-0.1, -0.05) is 50.3 Å². The normalized spacial score (nSPS) is 21.6. The maximum absolute atomic E-state index is 3.81. The van der Waals surface area contributed by atoms with E-state index in [1.54, 1.807) is 0 Å². The van der Waals surface area contributed by atoms with Crippen LogP contribution in [0.1, 0.15) is 51.4 Å². The highest BCUT2D eigenvalue weighted by Crippen LogP contribution is 2.26. The molecule has 0 spiro atoms. The molecule has 0 aromatic heterocycles. The van der Waals surface area contributed by atoms with Crippen molar-refractivity contribution in [2.24, 2.45) is 5.92 Å². The molecule has 2 aliphatic rings. The summed E-state index contributed by atoms with van der Waals surface area (Å²) in [7, 11) is 0. The van der Waals surface area contributed by atoms with Gasteiger partial charge in [0.2, 0.25) is 0 Å². The summed E-state index contributed by atoms with van der Waals surface area (Å²) in [5.41, 5.74) is 1.39. The molecule has 1 aromatic rings. The smallest absolute Gasteiger partial charge is 0.0366 e. The molecule has 1 N–H and O–H groups in total. The van der Waals surface area contributed by atoms with Gasteiger partial charge in [0.1, 0.15) is 0 Å². The number of hydrogen-bond acceptors (Lipinski definition) is 2. The van der Waals surface area contributed by atoms with E-state index in [-0.39, 0.29) is 0 Å². The average molecular weight is 286 g/mol. The van der Waals surface area contributed by atoms with Gasteiger partial charge in [-0.05, 0) is 43.9 Å². The molecular weight excluding hydrogens is 256 g/mol. The zero-order valence-electron chi connectivity index (χ0n) is 13.3. The molecule has 0 amide bonds. The fourth-order valence-electron chi connectivity index (χ4n) is 3.95. The number of hydrogen-bond donors (Lipinski definition) is 1. The van der Waals surface area contributed by atoms with E-state index in [9.17, 15) is 0 Å². The summed E-state index contributed by atoms with van der Waals surface area (Å²) in [4.78, 5) is 2.53. The number of rotatable bonds is 5.